The van der Waals surface area contributed by atoms with Crippen molar-refractivity contribution >= 4 is 22.9 Å². The second-order valence-electron chi connectivity index (χ2n) is 6.84. The van der Waals surface area contributed by atoms with Crippen LogP contribution in [0.3, 0.4) is 0 Å². The molecule has 0 radical (unpaired) electrons. The van der Waals surface area contributed by atoms with Gasteiger partial charge in [0, 0.05) is 0 Å². The quantitative estimate of drug-likeness (QED) is 0.686. The Labute approximate surface area is 158 Å². The second kappa shape index (κ2) is 7.02. The largest absolute Gasteiger partial charge is 0.462 e. The summed E-state index contributed by atoms with van der Waals surface area (Å²) in [4.78, 5) is 21.5. The summed E-state index contributed by atoms with van der Waals surface area (Å²) in [5.41, 5.74) is 3.46. The van der Waals surface area contributed by atoms with Gasteiger partial charge in [0.25, 0.3) is 0 Å². The van der Waals surface area contributed by atoms with E-state index in [-0.39, 0.29) is 6.04 Å². The van der Waals surface area contributed by atoms with Crippen molar-refractivity contribution in [2.75, 3.05) is 11.9 Å². The fourth-order valence-electron chi connectivity index (χ4n) is 3.84. The lowest BCUT2D eigenvalue weighted by atomic mass is 9.87. The standard InChI is InChI=1S/C21H23N3O3/c1-4-26-21(25)17-12(2)27-20-18(17)19(22-13(3)23-20)24-16-11-7-9-14-8-5-6-10-15(14)16/h5-6,8,10,16H,4,7,9,11H2,1-3H3,(H,22,23,24)/t16-/m0/s1. The molecule has 2 aromatic heterocycles. The van der Waals surface area contributed by atoms with Crippen LogP contribution >= 0.6 is 0 Å². The Hall–Kier alpha value is -2.89. The van der Waals surface area contributed by atoms with Gasteiger partial charge < -0.3 is 14.5 Å². The van der Waals surface area contributed by atoms with E-state index in [0.29, 0.717) is 40.7 Å². The van der Waals surface area contributed by atoms with Crippen molar-refractivity contribution in [2.24, 2.45) is 0 Å². The molecule has 0 unspecified atom stereocenters. The molecule has 6 heteroatoms. The molecule has 27 heavy (non-hydrogen) atoms. The zero-order valence-electron chi connectivity index (χ0n) is 15.8. The monoisotopic (exact) mass is 365 g/mol. The molecule has 1 atom stereocenters. The number of esters is 1. The Morgan fingerprint density at radius 1 is 1.30 bits per heavy atom. The van der Waals surface area contributed by atoms with Gasteiger partial charge >= 0.3 is 5.97 Å². The zero-order chi connectivity index (χ0) is 19.0. The van der Waals surface area contributed by atoms with Crippen LogP contribution < -0.4 is 5.32 Å². The number of nitrogens with one attached hydrogen (secondary N) is 1. The number of nitrogens with zero attached hydrogens (tertiary/aromatic N) is 2. The van der Waals surface area contributed by atoms with E-state index in [1.165, 1.54) is 11.1 Å². The SMILES string of the molecule is CCOC(=O)c1c(C)oc2nc(C)nc(N[C@H]3CCCc4ccccc43)c12. The van der Waals surface area contributed by atoms with Gasteiger partial charge in [0.05, 0.1) is 18.0 Å². The van der Waals surface area contributed by atoms with Crippen LogP contribution in [-0.2, 0) is 11.2 Å². The summed E-state index contributed by atoms with van der Waals surface area (Å²) in [5, 5.41) is 4.15. The lowest BCUT2D eigenvalue weighted by Crippen LogP contribution is -2.18. The number of furan rings is 1. The van der Waals surface area contributed by atoms with E-state index >= 15 is 0 Å². The molecule has 1 aliphatic carbocycles. The molecule has 0 fully saturated rings. The number of carbonyl (C=O) groups is 1. The number of benzene rings is 1. The summed E-state index contributed by atoms with van der Waals surface area (Å²) in [6, 6.07) is 8.61. The predicted molar refractivity (Wildman–Crippen MR) is 103 cm³/mol. The number of carbonyl (C=O) groups excluding carboxylic acids is 1. The van der Waals surface area contributed by atoms with Gasteiger partial charge in [-0.2, -0.15) is 4.98 Å². The molecular weight excluding hydrogens is 342 g/mol. The topological polar surface area (TPSA) is 77.2 Å². The Balaban J connectivity index is 1.81. The van der Waals surface area contributed by atoms with E-state index in [1.807, 2.05) is 6.92 Å². The molecular formula is C21H23N3O3. The van der Waals surface area contributed by atoms with Gasteiger partial charge in [0.1, 0.15) is 23.0 Å². The van der Waals surface area contributed by atoms with Crippen LogP contribution in [0.25, 0.3) is 11.1 Å². The molecule has 0 spiro atoms. The number of aromatic nitrogens is 2. The summed E-state index contributed by atoms with van der Waals surface area (Å²) >= 11 is 0. The Morgan fingerprint density at radius 3 is 2.93 bits per heavy atom. The molecule has 0 saturated carbocycles. The van der Waals surface area contributed by atoms with Crippen molar-refractivity contribution in [2.45, 2.75) is 46.1 Å². The summed E-state index contributed by atoms with van der Waals surface area (Å²) in [5.74, 6) is 1.31. The minimum Gasteiger partial charge on any atom is -0.462 e. The lowest BCUT2D eigenvalue weighted by Gasteiger charge is -2.27. The van der Waals surface area contributed by atoms with Gasteiger partial charge in [-0.3, -0.25) is 0 Å². The summed E-state index contributed by atoms with van der Waals surface area (Å²) in [6.45, 7) is 5.66. The van der Waals surface area contributed by atoms with Crippen LogP contribution in [0.4, 0.5) is 5.82 Å². The molecule has 6 nitrogen and oxygen atoms in total. The molecule has 1 aromatic carbocycles. The van der Waals surface area contributed by atoms with Crippen LogP contribution in [0.1, 0.15) is 58.9 Å². The first kappa shape index (κ1) is 17.5. The number of rotatable bonds is 4. The third-order valence-corrected chi connectivity index (χ3v) is 5.00. The number of ether oxygens (including phenoxy) is 1. The average molecular weight is 365 g/mol. The van der Waals surface area contributed by atoms with Crippen molar-refractivity contribution in [1.82, 2.24) is 9.97 Å². The summed E-state index contributed by atoms with van der Waals surface area (Å²) in [7, 11) is 0. The van der Waals surface area contributed by atoms with Crippen molar-refractivity contribution in [3.05, 3.63) is 52.5 Å². The number of hydrogen-bond donors (Lipinski definition) is 1. The zero-order valence-corrected chi connectivity index (χ0v) is 15.8. The summed E-state index contributed by atoms with van der Waals surface area (Å²) < 4.78 is 11.0. The van der Waals surface area contributed by atoms with E-state index in [4.69, 9.17) is 9.15 Å². The van der Waals surface area contributed by atoms with Crippen molar-refractivity contribution in [3.8, 4) is 0 Å². The fourth-order valence-corrected chi connectivity index (χ4v) is 3.84. The highest BCUT2D eigenvalue weighted by Crippen LogP contribution is 2.36. The van der Waals surface area contributed by atoms with E-state index in [9.17, 15) is 4.79 Å². The molecule has 3 aromatic rings. The summed E-state index contributed by atoms with van der Waals surface area (Å²) in [6.07, 6.45) is 3.20. The number of hydrogen-bond acceptors (Lipinski definition) is 6. The third kappa shape index (κ3) is 3.16. The van der Waals surface area contributed by atoms with E-state index < -0.39 is 5.97 Å². The first-order valence-corrected chi connectivity index (χ1v) is 9.37. The molecule has 0 aliphatic heterocycles. The van der Waals surface area contributed by atoms with Crippen molar-refractivity contribution in [3.63, 3.8) is 0 Å². The molecule has 2 heterocycles. The predicted octanol–water partition coefficient (Wildman–Crippen LogP) is 4.51. The highest BCUT2D eigenvalue weighted by molar-refractivity contribution is 6.07. The lowest BCUT2D eigenvalue weighted by molar-refractivity contribution is 0.0526. The maximum Gasteiger partial charge on any atom is 0.342 e. The maximum absolute atomic E-state index is 12.5. The van der Waals surface area contributed by atoms with Gasteiger partial charge in [0.15, 0.2) is 0 Å². The second-order valence-corrected chi connectivity index (χ2v) is 6.84. The van der Waals surface area contributed by atoms with Crippen LogP contribution in [0.5, 0.6) is 0 Å². The van der Waals surface area contributed by atoms with Crippen molar-refractivity contribution < 1.29 is 13.9 Å². The van der Waals surface area contributed by atoms with E-state index in [1.54, 1.807) is 13.8 Å². The molecule has 1 aliphatic rings. The Kier molecular flexibility index (Phi) is 4.56. The Morgan fingerprint density at radius 2 is 2.11 bits per heavy atom. The molecule has 0 saturated heterocycles. The number of anilines is 1. The molecule has 140 valence electrons. The van der Waals surface area contributed by atoms with Crippen LogP contribution in [0, 0.1) is 13.8 Å². The van der Waals surface area contributed by atoms with Crippen LogP contribution in [0.15, 0.2) is 28.7 Å². The van der Waals surface area contributed by atoms with Gasteiger partial charge in [-0.25, -0.2) is 9.78 Å². The molecule has 1 N–H and O–H groups in total. The minimum absolute atomic E-state index is 0.137. The highest BCUT2D eigenvalue weighted by Gasteiger charge is 2.27. The average Bonchev–Trinajstić information content (AvgIpc) is 2.98. The van der Waals surface area contributed by atoms with Crippen LogP contribution in [0.2, 0.25) is 0 Å². The number of aryl methyl sites for hydroxylation is 3. The first-order chi connectivity index (χ1) is 13.1. The highest BCUT2D eigenvalue weighted by atomic mass is 16.5. The van der Waals surface area contributed by atoms with Gasteiger partial charge in [-0.15, -0.1) is 0 Å². The normalized spacial score (nSPS) is 16.2. The smallest absolute Gasteiger partial charge is 0.342 e. The molecule has 0 bridgehead atoms. The number of fused-ring (bicyclic) bond motifs is 2. The van der Waals surface area contributed by atoms with Crippen LogP contribution in [-0.4, -0.2) is 22.5 Å². The van der Waals surface area contributed by atoms with Gasteiger partial charge in [-0.05, 0) is 51.2 Å². The minimum atomic E-state index is -0.409. The maximum atomic E-state index is 12.5. The van der Waals surface area contributed by atoms with E-state index in [2.05, 4.69) is 39.6 Å². The fraction of sp³-hybridized carbons (Fsp3) is 0.381. The van der Waals surface area contributed by atoms with Gasteiger partial charge in [0.2, 0.25) is 5.71 Å². The van der Waals surface area contributed by atoms with Gasteiger partial charge in [-0.1, -0.05) is 24.3 Å². The van der Waals surface area contributed by atoms with E-state index in [0.717, 1.165) is 19.3 Å². The van der Waals surface area contributed by atoms with Crippen molar-refractivity contribution in [1.29, 1.82) is 0 Å². The molecule has 0 amide bonds. The Bertz CT molecular complexity index is 1010. The molecule has 4 rings (SSSR count). The third-order valence-electron chi connectivity index (χ3n) is 5.00. The first-order valence-electron chi connectivity index (χ1n) is 9.37.